The van der Waals surface area contributed by atoms with Crippen LogP contribution < -0.4 is 10.2 Å². The average molecular weight is 461 g/mol. The number of carbonyl (C=O) groups excluding carboxylic acids is 1. The Morgan fingerprint density at radius 2 is 2.09 bits per heavy atom. The second kappa shape index (κ2) is 8.14. The van der Waals surface area contributed by atoms with Gasteiger partial charge in [-0.3, -0.25) is 4.79 Å². The molecule has 1 amide bonds. The number of aromatic nitrogens is 4. The molecule has 4 aromatic heterocycles. The third kappa shape index (κ3) is 3.64. The lowest BCUT2D eigenvalue weighted by Gasteiger charge is -2.42. The molecule has 1 fully saturated rings. The highest BCUT2D eigenvalue weighted by Crippen LogP contribution is 2.33. The molecule has 0 spiro atoms. The molecule has 33 heavy (non-hydrogen) atoms. The highest BCUT2D eigenvalue weighted by atomic mass is 32.1. The van der Waals surface area contributed by atoms with Crippen LogP contribution in [0.25, 0.3) is 27.5 Å². The molecule has 1 aliphatic rings. The number of pyridine rings is 1. The van der Waals surface area contributed by atoms with Crippen molar-refractivity contribution >= 4 is 34.7 Å². The summed E-state index contributed by atoms with van der Waals surface area (Å²) in [7, 11) is 1.56. The van der Waals surface area contributed by atoms with Crippen LogP contribution in [0.2, 0.25) is 0 Å². The van der Waals surface area contributed by atoms with Crippen LogP contribution in [-0.2, 0) is 4.79 Å². The van der Waals surface area contributed by atoms with Gasteiger partial charge in [0.05, 0.1) is 39.6 Å². The molecule has 166 valence electrons. The van der Waals surface area contributed by atoms with Crippen LogP contribution in [0.5, 0.6) is 0 Å². The van der Waals surface area contributed by atoms with Crippen LogP contribution in [0.4, 0.5) is 5.82 Å². The zero-order valence-corrected chi connectivity index (χ0v) is 18.5. The Morgan fingerprint density at radius 1 is 1.24 bits per heavy atom. The zero-order valence-electron chi connectivity index (χ0n) is 17.7. The van der Waals surface area contributed by atoms with Crippen molar-refractivity contribution in [3.05, 3.63) is 65.8 Å². The van der Waals surface area contributed by atoms with Gasteiger partial charge in [0.15, 0.2) is 5.65 Å². The van der Waals surface area contributed by atoms with E-state index in [0.29, 0.717) is 34.8 Å². The first kappa shape index (κ1) is 20.8. The summed E-state index contributed by atoms with van der Waals surface area (Å²) in [6, 6.07) is 8.64. The third-order valence-corrected chi connectivity index (χ3v) is 6.60. The van der Waals surface area contributed by atoms with Crippen LogP contribution in [0.1, 0.15) is 16.8 Å². The Labute approximate surface area is 193 Å². The number of nitrogens with one attached hydrogen (secondary N) is 1. The molecule has 1 saturated heterocycles. The fourth-order valence-corrected chi connectivity index (χ4v) is 4.57. The Kier molecular flexibility index (Phi) is 5.14. The molecule has 9 nitrogen and oxygen atoms in total. The molecule has 0 saturated carbocycles. The topological polar surface area (TPSA) is 113 Å². The van der Waals surface area contributed by atoms with Gasteiger partial charge in [0.1, 0.15) is 5.82 Å². The number of anilines is 1. The van der Waals surface area contributed by atoms with Gasteiger partial charge < -0.3 is 15.3 Å². The molecular formula is C23H20N6O3S. The fraction of sp³-hybridized carbons (Fsp3) is 0.174. The van der Waals surface area contributed by atoms with Crippen molar-refractivity contribution in [2.75, 3.05) is 18.5 Å². The second-order valence-corrected chi connectivity index (χ2v) is 8.57. The Bertz CT molecular complexity index is 1390. The number of carboxylic acid groups (broad SMARTS) is 1. The number of carbonyl (C=O) groups is 2. The number of amides is 1. The number of nitrogens with zero attached hydrogens (tertiary/aromatic N) is 5. The summed E-state index contributed by atoms with van der Waals surface area (Å²) < 4.78 is 1.64. The minimum atomic E-state index is -1.06. The highest BCUT2D eigenvalue weighted by molar-refractivity contribution is 7.13. The van der Waals surface area contributed by atoms with Gasteiger partial charge in [-0.1, -0.05) is 12.6 Å². The highest BCUT2D eigenvalue weighted by Gasteiger charge is 2.34. The van der Waals surface area contributed by atoms with E-state index in [1.165, 1.54) is 12.1 Å². The molecule has 4 aromatic rings. The van der Waals surface area contributed by atoms with E-state index in [0.717, 1.165) is 17.0 Å². The Morgan fingerprint density at radius 3 is 2.76 bits per heavy atom. The van der Waals surface area contributed by atoms with E-state index in [4.69, 9.17) is 9.97 Å². The van der Waals surface area contributed by atoms with Crippen LogP contribution >= 0.6 is 11.3 Å². The van der Waals surface area contributed by atoms with Gasteiger partial charge in [-0.15, -0.1) is 11.3 Å². The van der Waals surface area contributed by atoms with E-state index in [9.17, 15) is 14.7 Å². The van der Waals surface area contributed by atoms with E-state index in [2.05, 4.69) is 17.0 Å². The van der Waals surface area contributed by atoms with E-state index in [1.54, 1.807) is 29.1 Å². The van der Waals surface area contributed by atoms with Crippen molar-refractivity contribution in [3.63, 3.8) is 0 Å². The zero-order chi connectivity index (χ0) is 23.1. The first-order chi connectivity index (χ1) is 16.0. The molecular weight excluding hydrogens is 440 g/mol. The van der Waals surface area contributed by atoms with E-state index >= 15 is 0 Å². The number of aromatic carboxylic acids is 1. The third-order valence-electron chi connectivity index (χ3n) is 5.71. The van der Waals surface area contributed by atoms with Crippen molar-refractivity contribution in [2.45, 2.75) is 12.5 Å². The lowest BCUT2D eigenvalue weighted by atomic mass is 9.94. The molecule has 5 heterocycles. The number of fused-ring (bicyclic) bond motifs is 1. The molecule has 0 aromatic carbocycles. The smallest absolute Gasteiger partial charge is 0.335 e. The lowest BCUT2D eigenvalue weighted by Crippen LogP contribution is -2.51. The number of hydrogen-bond donors (Lipinski definition) is 2. The molecule has 10 heteroatoms. The normalized spacial score (nSPS) is 15.3. The number of rotatable bonds is 6. The summed E-state index contributed by atoms with van der Waals surface area (Å²) in [4.78, 5) is 36.4. The van der Waals surface area contributed by atoms with Crippen molar-refractivity contribution < 1.29 is 14.7 Å². The van der Waals surface area contributed by atoms with Gasteiger partial charge in [-0.25, -0.2) is 19.3 Å². The number of carboxylic acids is 1. The number of hydrogen-bond acceptors (Lipinski definition) is 7. The maximum Gasteiger partial charge on any atom is 0.335 e. The average Bonchev–Trinajstić information content (AvgIpc) is 3.47. The predicted octanol–water partition coefficient (Wildman–Crippen LogP) is 3.10. The maximum atomic E-state index is 12.1. The van der Waals surface area contributed by atoms with Crippen molar-refractivity contribution in [2.24, 2.45) is 0 Å². The van der Waals surface area contributed by atoms with Gasteiger partial charge in [0, 0.05) is 25.4 Å². The lowest BCUT2D eigenvalue weighted by molar-refractivity contribution is -0.117. The van der Waals surface area contributed by atoms with Crippen molar-refractivity contribution in [3.8, 4) is 21.8 Å². The second-order valence-electron chi connectivity index (χ2n) is 7.62. The van der Waals surface area contributed by atoms with Gasteiger partial charge in [-0.2, -0.15) is 5.10 Å². The van der Waals surface area contributed by atoms with Crippen molar-refractivity contribution in [1.82, 2.24) is 24.9 Å². The van der Waals surface area contributed by atoms with E-state index in [-0.39, 0.29) is 17.5 Å². The van der Waals surface area contributed by atoms with Gasteiger partial charge >= 0.3 is 5.97 Å². The summed E-state index contributed by atoms with van der Waals surface area (Å²) >= 11 is 1.59. The summed E-state index contributed by atoms with van der Waals surface area (Å²) in [5, 5.41) is 18.7. The molecule has 0 bridgehead atoms. The number of thiophene rings is 1. The Balaban J connectivity index is 1.59. The maximum absolute atomic E-state index is 12.1. The Hall–Kier alpha value is -4.05. The summed E-state index contributed by atoms with van der Waals surface area (Å²) in [5.41, 5.74) is 2.98. The first-order valence-electron chi connectivity index (χ1n) is 10.3. The molecule has 1 atom stereocenters. The summed E-state index contributed by atoms with van der Waals surface area (Å²) in [6.07, 6.45) is 4.19. The summed E-state index contributed by atoms with van der Waals surface area (Å²) in [6.45, 7) is 4.55. The van der Waals surface area contributed by atoms with Crippen LogP contribution in [-0.4, -0.2) is 56.2 Å². The first-order valence-corrected chi connectivity index (χ1v) is 11.2. The fourth-order valence-electron chi connectivity index (χ4n) is 3.87. The van der Waals surface area contributed by atoms with E-state index in [1.807, 2.05) is 34.7 Å². The minimum Gasteiger partial charge on any atom is -0.478 e. The van der Waals surface area contributed by atoms with Crippen molar-refractivity contribution in [1.29, 1.82) is 0 Å². The monoisotopic (exact) mass is 460 g/mol. The standard InChI is InChI=1S/C23H20N6O3S/c1-13(22(30)24-2)18-6-7-28(18)20-11-14(23(31)32)10-17(26-20)15-12-25-29-8-5-16(27-21(15)29)19-4-3-9-33-19/h3-5,8-12,18H,1,6-7H2,2H3,(H,24,30)(H,31,32)/t18-/m0/s1. The minimum absolute atomic E-state index is 0.0972. The largest absolute Gasteiger partial charge is 0.478 e. The van der Waals surface area contributed by atoms with Crippen LogP contribution in [0, 0.1) is 0 Å². The molecule has 1 aliphatic heterocycles. The quantitative estimate of drug-likeness (QED) is 0.425. The van der Waals surface area contributed by atoms with Gasteiger partial charge in [-0.05, 0) is 36.1 Å². The molecule has 5 rings (SSSR count). The molecule has 0 radical (unpaired) electrons. The van der Waals surface area contributed by atoms with Crippen LogP contribution in [0.15, 0.2) is 60.3 Å². The van der Waals surface area contributed by atoms with Gasteiger partial charge in [0.2, 0.25) is 5.91 Å². The molecule has 0 unspecified atom stereocenters. The molecule has 0 aliphatic carbocycles. The predicted molar refractivity (Wildman–Crippen MR) is 125 cm³/mol. The van der Waals surface area contributed by atoms with Crippen LogP contribution in [0.3, 0.4) is 0 Å². The van der Waals surface area contributed by atoms with Gasteiger partial charge in [0.25, 0.3) is 0 Å². The number of likely N-dealkylation sites (N-methyl/N-ethyl adjacent to an activating group) is 1. The molecule has 2 N–H and O–H groups in total. The SMILES string of the molecule is C=C(C(=O)NC)[C@@H]1CCN1c1cc(C(=O)O)cc(-c2cnn3ccc(-c4cccs4)nc23)n1. The summed E-state index contributed by atoms with van der Waals surface area (Å²) in [5.74, 6) is -0.835. The van der Waals surface area contributed by atoms with E-state index < -0.39 is 5.97 Å².